The number of carbonyl (C=O) groups is 1. The first-order chi connectivity index (χ1) is 8.87. The van der Waals surface area contributed by atoms with E-state index < -0.39 is 5.60 Å². The lowest BCUT2D eigenvalue weighted by molar-refractivity contribution is 0.0221. The van der Waals surface area contributed by atoms with Gasteiger partial charge in [0.05, 0.1) is 11.7 Å². The topological polar surface area (TPSA) is 42.4 Å². The largest absolute Gasteiger partial charge is 0.444 e. The van der Waals surface area contributed by atoms with Crippen molar-refractivity contribution in [3.05, 3.63) is 29.6 Å². The van der Waals surface area contributed by atoms with E-state index in [0.29, 0.717) is 0 Å². The number of hydrogen-bond donors (Lipinski definition) is 0. The average Bonchev–Trinajstić information content (AvgIpc) is 2.76. The second-order valence-corrected chi connectivity index (χ2v) is 6.09. The minimum atomic E-state index is -0.453. The van der Waals surface area contributed by atoms with Crippen LogP contribution in [0.1, 0.15) is 50.9 Å². The summed E-state index contributed by atoms with van der Waals surface area (Å²) in [6.45, 7) is 8.42. The zero-order valence-electron chi connectivity index (χ0n) is 12.1. The Hall–Kier alpha value is -1.58. The molecule has 0 aromatic carbocycles. The third-order valence-electron chi connectivity index (χ3n) is 3.16. The number of hydrogen-bond acceptors (Lipinski definition) is 3. The molecule has 4 heteroatoms. The molecule has 2 heterocycles. The first kappa shape index (κ1) is 13.8. The maximum absolute atomic E-state index is 12.2. The Kier molecular flexibility index (Phi) is 3.78. The second kappa shape index (κ2) is 5.19. The van der Waals surface area contributed by atoms with Gasteiger partial charge in [-0.2, -0.15) is 0 Å². The molecule has 0 saturated carbocycles. The smallest absolute Gasteiger partial charge is 0.410 e. The normalized spacial score (nSPS) is 19.6. The molecule has 2 rings (SSSR count). The maximum Gasteiger partial charge on any atom is 0.410 e. The summed E-state index contributed by atoms with van der Waals surface area (Å²) in [5, 5.41) is 0. The molecule has 1 fully saturated rings. The molecule has 1 saturated heterocycles. The fourth-order valence-corrected chi connectivity index (χ4v) is 2.29. The molecule has 19 heavy (non-hydrogen) atoms. The van der Waals surface area contributed by atoms with Crippen LogP contribution >= 0.6 is 0 Å². The van der Waals surface area contributed by atoms with E-state index in [9.17, 15) is 4.79 Å². The molecule has 1 aromatic heterocycles. The lowest BCUT2D eigenvalue weighted by Gasteiger charge is -2.28. The fraction of sp³-hybridized carbons (Fsp3) is 0.600. The Morgan fingerprint density at radius 1 is 1.42 bits per heavy atom. The average molecular weight is 262 g/mol. The quantitative estimate of drug-likeness (QED) is 0.778. The van der Waals surface area contributed by atoms with Crippen molar-refractivity contribution in [3.8, 4) is 0 Å². The van der Waals surface area contributed by atoms with Crippen molar-refractivity contribution in [2.75, 3.05) is 6.54 Å². The van der Waals surface area contributed by atoms with Gasteiger partial charge in [0.15, 0.2) is 0 Å². The van der Waals surface area contributed by atoms with E-state index >= 15 is 0 Å². The number of amides is 1. The van der Waals surface area contributed by atoms with E-state index in [0.717, 1.165) is 30.6 Å². The standard InChI is InChI=1S/C15H22N2O2/c1-11-7-8-12(16-10-11)13-6-5-9-17(13)14(18)19-15(2,3)4/h7-8,10,13H,5-6,9H2,1-4H3/t13-/m0/s1. The first-order valence-electron chi connectivity index (χ1n) is 6.79. The molecule has 0 bridgehead atoms. The van der Waals surface area contributed by atoms with Gasteiger partial charge in [-0.05, 0) is 52.2 Å². The second-order valence-electron chi connectivity index (χ2n) is 6.09. The van der Waals surface area contributed by atoms with Gasteiger partial charge in [0.2, 0.25) is 0 Å². The summed E-state index contributed by atoms with van der Waals surface area (Å²) in [6.07, 6.45) is 3.56. The number of ether oxygens (including phenoxy) is 1. The number of rotatable bonds is 1. The summed E-state index contributed by atoms with van der Waals surface area (Å²) in [6, 6.07) is 4.09. The molecular weight excluding hydrogens is 240 g/mol. The Balaban J connectivity index is 2.12. The SMILES string of the molecule is Cc1ccc([C@@H]2CCCN2C(=O)OC(C)(C)C)nc1. The Morgan fingerprint density at radius 2 is 2.16 bits per heavy atom. The highest BCUT2D eigenvalue weighted by Crippen LogP contribution is 2.32. The third kappa shape index (κ3) is 3.46. The van der Waals surface area contributed by atoms with E-state index in [1.165, 1.54) is 0 Å². The molecule has 1 aliphatic rings. The number of nitrogens with zero attached hydrogens (tertiary/aromatic N) is 2. The van der Waals surface area contributed by atoms with Crippen molar-refractivity contribution < 1.29 is 9.53 Å². The van der Waals surface area contributed by atoms with Crippen molar-refractivity contribution in [3.63, 3.8) is 0 Å². The van der Waals surface area contributed by atoms with Crippen LogP contribution in [0.2, 0.25) is 0 Å². The molecule has 1 aromatic rings. The van der Waals surface area contributed by atoms with Gasteiger partial charge >= 0.3 is 6.09 Å². The van der Waals surface area contributed by atoms with Crippen LogP contribution in [0.4, 0.5) is 4.79 Å². The van der Waals surface area contributed by atoms with Crippen LogP contribution in [0.5, 0.6) is 0 Å². The van der Waals surface area contributed by atoms with Gasteiger partial charge < -0.3 is 4.74 Å². The van der Waals surface area contributed by atoms with E-state index in [-0.39, 0.29) is 12.1 Å². The van der Waals surface area contributed by atoms with Gasteiger partial charge in [-0.15, -0.1) is 0 Å². The van der Waals surface area contributed by atoms with E-state index in [2.05, 4.69) is 4.98 Å². The van der Waals surface area contributed by atoms with Crippen LogP contribution in [0.25, 0.3) is 0 Å². The van der Waals surface area contributed by atoms with Gasteiger partial charge in [-0.1, -0.05) is 6.07 Å². The molecule has 1 atom stereocenters. The number of aryl methyl sites for hydroxylation is 1. The molecule has 0 radical (unpaired) electrons. The molecule has 0 N–H and O–H groups in total. The van der Waals surface area contributed by atoms with Crippen LogP contribution in [-0.4, -0.2) is 28.1 Å². The van der Waals surface area contributed by atoms with E-state index in [4.69, 9.17) is 4.74 Å². The molecule has 1 aliphatic heterocycles. The van der Waals surface area contributed by atoms with Crippen molar-refractivity contribution in [1.29, 1.82) is 0 Å². The van der Waals surface area contributed by atoms with Crippen LogP contribution in [0.15, 0.2) is 18.3 Å². The van der Waals surface area contributed by atoms with Crippen molar-refractivity contribution in [2.24, 2.45) is 0 Å². The highest BCUT2D eigenvalue weighted by molar-refractivity contribution is 5.69. The van der Waals surface area contributed by atoms with Crippen LogP contribution in [0, 0.1) is 6.92 Å². The van der Waals surface area contributed by atoms with Crippen LogP contribution in [0.3, 0.4) is 0 Å². The summed E-state index contributed by atoms with van der Waals surface area (Å²) in [5.41, 5.74) is 1.63. The van der Waals surface area contributed by atoms with Gasteiger partial charge in [0.1, 0.15) is 5.60 Å². The summed E-state index contributed by atoms with van der Waals surface area (Å²) in [5.74, 6) is 0. The van der Waals surface area contributed by atoms with Gasteiger partial charge in [-0.25, -0.2) is 4.79 Å². The molecule has 0 unspecified atom stereocenters. The molecule has 0 spiro atoms. The number of likely N-dealkylation sites (tertiary alicyclic amines) is 1. The number of carbonyl (C=O) groups excluding carboxylic acids is 1. The lowest BCUT2D eigenvalue weighted by atomic mass is 10.1. The highest BCUT2D eigenvalue weighted by Gasteiger charge is 2.33. The first-order valence-corrected chi connectivity index (χ1v) is 6.79. The van der Waals surface area contributed by atoms with Gasteiger partial charge in [-0.3, -0.25) is 9.88 Å². The molecule has 4 nitrogen and oxygen atoms in total. The van der Waals surface area contributed by atoms with Crippen LogP contribution < -0.4 is 0 Å². The highest BCUT2D eigenvalue weighted by atomic mass is 16.6. The Bertz CT molecular complexity index is 448. The van der Waals surface area contributed by atoms with E-state index in [1.807, 2.05) is 46.0 Å². The van der Waals surface area contributed by atoms with Crippen molar-refractivity contribution in [2.45, 2.75) is 52.2 Å². The third-order valence-corrected chi connectivity index (χ3v) is 3.16. The minimum Gasteiger partial charge on any atom is -0.444 e. The van der Waals surface area contributed by atoms with Gasteiger partial charge in [0, 0.05) is 12.7 Å². The zero-order valence-corrected chi connectivity index (χ0v) is 12.1. The Morgan fingerprint density at radius 3 is 2.74 bits per heavy atom. The maximum atomic E-state index is 12.2. The lowest BCUT2D eigenvalue weighted by Crippen LogP contribution is -2.36. The molecule has 104 valence electrons. The number of aromatic nitrogens is 1. The monoisotopic (exact) mass is 262 g/mol. The summed E-state index contributed by atoms with van der Waals surface area (Å²) < 4.78 is 5.46. The molecule has 0 aliphatic carbocycles. The van der Waals surface area contributed by atoms with Crippen molar-refractivity contribution >= 4 is 6.09 Å². The molecule has 1 amide bonds. The fourth-order valence-electron chi connectivity index (χ4n) is 2.29. The predicted molar refractivity (Wildman–Crippen MR) is 73.9 cm³/mol. The molecular formula is C15H22N2O2. The zero-order chi connectivity index (χ0) is 14.0. The Labute approximate surface area is 114 Å². The summed E-state index contributed by atoms with van der Waals surface area (Å²) >= 11 is 0. The minimum absolute atomic E-state index is 0.0513. The van der Waals surface area contributed by atoms with Gasteiger partial charge in [0.25, 0.3) is 0 Å². The summed E-state index contributed by atoms with van der Waals surface area (Å²) in [7, 11) is 0. The predicted octanol–water partition coefficient (Wildman–Crippen LogP) is 3.46. The summed E-state index contributed by atoms with van der Waals surface area (Å²) in [4.78, 5) is 18.4. The number of pyridine rings is 1. The van der Waals surface area contributed by atoms with Crippen LogP contribution in [-0.2, 0) is 4.74 Å². The van der Waals surface area contributed by atoms with E-state index in [1.54, 1.807) is 4.90 Å². The van der Waals surface area contributed by atoms with Crippen molar-refractivity contribution in [1.82, 2.24) is 9.88 Å².